The van der Waals surface area contributed by atoms with Crippen molar-refractivity contribution in [2.24, 2.45) is 0 Å². The number of nitrogens with zero attached hydrogens (tertiary/aromatic N) is 3. The zero-order valence-corrected chi connectivity index (χ0v) is 33.4. The van der Waals surface area contributed by atoms with Gasteiger partial charge >= 0.3 is 18.1 Å². The van der Waals surface area contributed by atoms with Crippen molar-refractivity contribution in [2.45, 2.75) is 56.5 Å². The van der Waals surface area contributed by atoms with Crippen molar-refractivity contribution in [2.75, 3.05) is 31.6 Å². The Morgan fingerprint density at radius 1 is 0.763 bits per heavy atom. The lowest BCUT2D eigenvalue weighted by Crippen LogP contribution is -2.45. The molecule has 1 aliphatic rings. The highest BCUT2D eigenvalue weighted by Gasteiger charge is 2.43. The van der Waals surface area contributed by atoms with Crippen LogP contribution in [0.1, 0.15) is 56.9 Å². The summed E-state index contributed by atoms with van der Waals surface area (Å²) in [5, 5.41) is 0. The fourth-order valence-corrected chi connectivity index (χ4v) is 7.87. The standard InChI is InChI=1S/C45H44F3N3O7S/c1-32-13-20-39(21-14-32)59(55,56)49(2)29-42(52)51(28-33-15-17-36(18-16-33)37-23-25-50(26-24-37)44(54)45(46,47)48)38-19-22-40(43(53)58-31-35-11-7-4-8-12-35)41(27-38)57-30-34-9-5-3-6-10-34/h3-22,27,37H,23-26,28-31H2,1-2H3. The summed E-state index contributed by atoms with van der Waals surface area (Å²) in [6, 6.07) is 36.8. The maximum absolute atomic E-state index is 14.3. The van der Waals surface area contributed by atoms with E-state index in [4.69, 9.17) is 9.47 Å². The first kappa shape index (κ1) is 42.6. The number of hydrogen-bond donors (Lipinski definition) is 0. The van der Waals surface area contributed by atoms with Crippen LogP contribution in [-0.2, 0) is 44.1 Å². The number of anilines is 1. The van der Waals surface area contributed by atoms with Crippen LogP contribution in [0.3, 0.4) is 0 Å². The van der Waals surface area contributed by atoms with Crippen molar-refractivity contribution in [1.82, 2.24) is 9.21 Å². The van der Waals surface area contributed by atoms with Crippen molar-refractivity contribution in [3.8, 4) is 5.75 Å². The van der Waals surface area contributed by atoms with Crippen LogP contribution < -0.4 is 9.64 Å². The molecule has 0 radical (unpaired) electrons. The average molecular weight is 828 g/mol. The SMILES string of the molecule is Cc1ccc(S(=O)(=O)N(C)CC(=O)N(Cc2ccc(C3CCN(C(=O)C(F)(F)F)CC3)cc2)c2ccc(C(=O)OCc3ccccc3)c(OCc3ccccc3)c2)cc1. The van der Waals surface area contributed by atoms with Crippen LogP contribution in [0.4, 0.5) is 18.9 Å². The van der Waals surface area contributed by atoms with Gasteiger partial charge in [-0.25, -0.2) is 13.2 Å². The number of rotatable bonds is 14. The maximum Gasteiger partial charge on any atom is 0.471 e. The van der Waals surface area contributed by atoms with Crippen molar-refractivity contribution >= 4 is 33.5 Å². The van der Waals surface area contributed by atoms with Crippen molar-refractivity contribution in [3.05, 3.63) is 161 Å². The summed E-state index contributed by atoms with van der Waals surface area (Å²) in [6.45, 7) is 1.39. The molecule has 5 aromatic carbocycles. The van der Waals surface area contributed by atoms with E-state index in [9.17, 15) is 36.0 Å². The number of hydrogen-bond acceptors (Lipinski definition) is 7. The molecule has 1 aliphatic heterocycles. The molecule has 6 rings (SSSR count). The smallest absolute Gasteiger partial charge is 0.471 e. The van der Waals surface area contributed by atoms with Crippen LogP contribution in [0.25, 0.3) is 0 Å². The van der Waals surface area contributed by atoms with Gasteiger partial charge in [-0.1, -0.05) is 103 Å². The number of carbonyl (C=O) groups excluding carboxylic acids is 3. The van der Waals surface area contributed by atoms with E-state index in [-0.39, 0.29) is 55.0 Å². The number of amides is 2. The van der Waals surface area contributed by atoms with Gasteiger partial charge in [0.2, 0.25) is 15.9 Å². The average Bonchev–Trinajstić information content (AvgIpc) is 3.24. The highest BCUT2D eigenvalue weighted by molar-refractivity contribution is 7.89. The molecule has 1 heterocycles. The van der Waals surface area contributed by atoms with Crippen molar-refractivity contribution < 1.29 is 45.4 Å². The topological polar surface area (TPSA) is 114 Å². The van der Waals surface area contributed by atoms with Gasteiger partial charge in [-0.3, -0.25) is 9.59 Å². The molecule has 1 saturated heterocycles. The minimum atomic E-state index is -4.92. The van der Waals surface area contributed by atoms with Gasteiger partial charge in [-0.05, 0) is 72.2 Å². The van der Waals surface area contributed by atoms with Gasteiger partial charge in [0.25, 0.3) is 0 Å². The maximum atomic E-state index is 14.3. The molecule has 308 valence electrons. The Labute approximate surface area is 341 Å². The normalized spacial score (nSPS) is 13.6. The first-order valence-corrected chi connectivity index (χ1v) is 20.4. The van der Waals surface area contributed by atoms with Crippen molar-refractivity contribution in [1.29, 1.82) is 0 Å². The number of piperidine rings is 1. The molecule has 0 bridgehead atoms. The third kappa shape index (κ3) is 10.9. The summed E-state index contributed by atoms with van der Waals surface area (Å²) in [5.41, 5.74) is 4.50. The molecule has 0 aromatic heterocycles. The van der Waals surface area contributed by atoms with Gasteiger partial charge in [0.05, 0.1) is 18.0 Å². The highest BCUT2D eigenvalue weighted by atomic mass is 32.2. The van der Waals surface area contributed by atoms with E-state index in [0.29, 0.717) is 24.1 Å². The Bertz CT molecular complexity index is 2340. The summed E-state index contributed by atoms with van der Waals surface area (Å²) in [4.78, 5) is 41.8. The Kier molecular flexibility index (Phi) is 13.5. The molecule has 0 spiro atoms. The van der Waals surface area contributed by atoms with Crippen LogP contribution >= 0.6 is 0 Å². The van der Waals surface area contributed by atoms with Crippen molar-refractivity contribution in [3.63, 3.8) is 0 Å². The summed E-state index contributed by atoms with van der Waals surface area (Å²) >= 11 is 0. The fourth-order valence-electron chi connectivity index (χ4n) is 6.75. The number of halogens is 3. The number of sulfonamides is 1. The van der Waals surface area contributed by atoms with E-state index >= 15 is 0 Å². The van der Waals surface area contributed by atoms with Gasteiger partial charge in [0, 0.05) is 31.9 Å². The molecule has 14 heteroatoms. The van der Waals surface area contributed by atoms with Crippen LogP contribution in [0.2, 0.25) is 0 Å². The lowest BCUT2D eigenvalue weighted by molar-refractivity contribution is -0.186. The fraction of sp³-hybridized carbons (Fsp3) is 0.267. The van der Waals surface area contributed by atoms with Gasteiger partial charge in [0.1, 0.15) is 24.5 Å². The first-order valence-electron chi connectivity index (χ1n) is 19.0. The molecule has 5 aromatic rings. The molecular weight excluding hydrogens is 784 g/mol. The number of carbonyl (C=O) groups is 3. The number of aryl methyl sites for hydroxylation is 1. The first-order chi connectivity index (χ1) is 28.2. The molecule has 0 aliphatic carbocycles. The number of likely N-dealkylation sites (N-methyl/N-ethyl adjacent to an activating group) is 1. The van der Waals surface area contributed by atoms with Gasteiger partial charge < -0.3 is 19.3 Å². The number of ether oxygens (including phenoxy) is 2. The van der Waals surface area contributed by atoms with Gasteiger partial charge in [0.15, 0.2) is 0 Å². The zero-order valence-electron chi connectivity index (χ0n) is 32.6. The summed E-state index contributed by atoms with van der Waals surface area (Å²) < 4.78 is 78.9. The molecular formula is C45H44F3N3O7S. The summed E-state index contributed by atoms with van der Waals surface area (Å²) in [6.07, 6.45) is -4.20. The Balaban J connectivity index is 1.28. The van der Waals surface area contributed by atoms with E-state index < -0.39 is 40.5 Å². The molecule has 59 heavy (non-hydrogen) atoms. The van der Waals surface area contributed by atoms with Gasteiger partial charge in [-0.2, -0.15) is 17.5 Å². The predicted molar refractivity (Wildman–Crippen MR) is 216 cm³/mol. The van der Waals surface area contributed by atoms with Crippen LogP contribution in [0, 0.1) is 6.92 Å². The third-order valence-electron chi connectivity index (χ3n) is 10.2. The van der Waals surface area contributed by atoms with Crippen LogP contribution in [0.5, 0.6) is 5.75 Å². The van der Waals surface area contributed by atoms with Crippen LogP contribution in [0.15, 0.2) is 132 Å². The summed E-state index contributed by atoms with van der Waals surface area (Å²) in [5.74, 6) is -2.97. The number of benzene rings is 5. The van der Waals surface area contributed by atoms with Crippen LogP contribution in [-0.4, -0.2) is 68.3 Å². The molecule has 0 atom stereocenters. The number of alkyl halides is 3. The quantitative estimate of drug-likeness (QED) is 0.104. The molecule has 0 saturated carbocycles. The monoisotopic (exact) mass is 827 g/mol. The molecule has 2 amide bonds. The lowest BCUT2D eigenvalue weighted by atomic mass is 9.89. The second-order valence-corrected chi connectivity index (χ2v) is 16.4. The van der Waals surface area contributed by atoms with E-state index in [2.05, 4.69) is 0 Å². The zero-order chi connectivity index (χ0) is 42.2. The van der Waals surface area contributed by atoms with E-state index in [1.807, 2.05) is 79.7 Å². The minimum Gasteiger partial charge on any atom is -0.488 e. The lowest BCUT2D eigenvalue weighted by Gasteiger charge is -2.32. The third-order valence-corrected chi connectivity index (χ3v) is 12.0. The molecule has 0 N–H and O–H groups in total. The molecule has 10 nitrogen and oxygen atoms in total. The minimum absolute atomic E-state index is 0.00795. The largest absolute Gasteiger partial charge is 0.488 e. The Morgan fingerprint density at radius 2 is 1.36 bits per heavy atom. The van der Waals surface area contributed by atoms with E-state index in [1.54, 1.807) is 36.4 Å². The number of esters is 1. The Morgan fingerprint density at radius 3 is 1.95 bits per heavy atom. The predicted octanol–water partition coefficient (Wildman–Crippen LogP) is 8.05. The summed E-state index contributed by atoms with van der Waals surface area (Å²) in [7, 11) is -2.73. The molecule has 1 fully saturated rings. The highest BCUT2D eigenvalue weighted by Crippen LogP contribution is 2.32. The second-order valence-electron chi connectivity index (χ2n) is 14.4. The van der Waals surface area contributed by atoms with Gasteiger partial charge in [-0.15, -0.1) is 0 Å². The van der Waals surface area contributed by atoms with E-state index in [0.717, 1.165) is 31.5 Å². The second kappa shape index (κ2) is 18.7. The van der Waals surface area contributed by atoms with E-state index in [1.165, 1.54) is 30.1 Å². The Hall–Kier alpha value is -5.99. The molecule has 0 unspecified atom stereocenters. The number of likely N-dealkylation sites (tertiary alicyclic amines) is 1.